The Morgan fingerprint density at radius 3 is 2.59 bits per heavy atom. The van der Waals surface area contributed by atoms with Crippen LogP contribution in [0.25, 0.3) is 10.6 Å². The standard InChI is InChI=1S/C20H25N5OS/c1-13(2)17-10-16(26-25-17)11-22-20(21-4)23-12-18-14(3)24-19(27-18)15-8-6-5-7-9-15/h5-10,13H,11-12H2,1-4H3,(H2,21,22,23). The molecule has 0 fully saturated rings. The third-order valence-corrected chi connectivity index (χ3v) is 5.36. The average molecular weight is 384 g/mol. The van der Waals surface area contributed by atoms with Gasteiger partial charge < -0.3 is 15.2 Å². The second-order valence-electron chi connectivity index (χ2n) is 6.55. The Bertz CT molecular complexity index is 898. The third-order valence-electron chi connectivity index (χ3n) is 4.15. The predicted molar refractivity (Wildman–Crippen MR) is 110 cm³/mol. The molecule has 142 valence electrons. The Morgan fingerprint density at radius 2 is 1.93 bits per heavy atom. The van der Waals surface area contributed by atoms with E-state index in [2.05, 4.69) is 46.8 Å². The van der Waals surface area contributed by atoms with Crippen molar-refractivity contribution < 1.29 is 4.52 Å². The summed E-state index contributed by atoms with van der Waals surface area (Å²) in [5.41, 5.74) is 3.15. The average Bonchev–Trinajstić information content (AvgIpc) is 3.30. The maximum atomic E-state index is 5.35. The van der Waals surface area contributed by atoms with Gasteiger partial charge in [-0.25, -0.2) is 4.98 Å². The van der Waals surface area contributed by atoms with E-state index < -0.39 is 0 Å². The number of nitrogens with one attached hydrogen (secondary N) is 2. The van der Waals surface area contributed by atoms with Crippen LogP contribution in [-0.4, -0.2) is 23.1 Å². The fraction of sp³-hybridized carbons (Fsp3) is 0.350. The van der Waals surface area contributed by atoms with Gasteiger partial charge in [0.2, 0.25) is 0 Å². The maximum Gasteiger partial charge on any atom is 0.191 e. The molecule has 0 amide bonds. The lowest BCUT2D eigenvalue weighted by Gasteiger charge is -2.09. The van der Waals surface area contributed by atoms with Gasteiger partial charge in [0, 0.05) is 23.6 Å². The quantitative estimate of drug-likeness (QED) is 0.495. The van der Waals surface area contributed by atoms with Crippen LogP contribution in [0.3, 0.4) is 0 Å². The van der Waals surface area contributed by atoms with Gasteiger partial charge in [-0.2, -0.15) is 0 Å². The number of hydrogen-bond donors (Lipinski definition) is 2. The summed E-state index contributed by atoms with van der Waals surface area (Å²) in [4.78, 5) is 10.2. The first-order valence-corrected chi connectivity index (χ1v) is 9.80. The fourth-order valence-corrected chi connectivity index (χ4v) is 3.54. The second-order valence-corrected chi connectivity index (χ2v) is 7.63. The van der Waals surface area contributed by atoms with Crippen LogP contribution >= 0.6 is 11.3 Å². The minimum absolute atomic E-state index is 0.355. The van der Waals surface area contributed by atoms with Gasteiger partial charge in [0.25, 0.3) is 0 Å². The van der Waals surface area contributed by atoms with E-state index in [0.29, 0.717) is 25.0 Å². The van der Waals surface area contributed by atoms with Gasteiger partial charge in [-0.05, 0) is 12.8 Å². The lowest BCUT2D eigenvalue weighted by molar-refractivity contribution is 0.372. The normalized spacial score (nSPS) is 11.8. The topological polar surface area (TPSA) is 75.3 Å². The summed E-state index contributed by atoms with van der Waals surface area (Å²) < 4.78 is 5.35. The molecule has 0 bridgehead atoms. The SMILES string of the molecule is CN=C(NCc1cc(C(C)C)no1)NCc1sc(-c2ccccc2)nc1C. The van der Waals surface area contributed by atoms with Crippen molar-refractivity contribution in [1.29, 1.82) is 0 Å². The van der Waals surface area contributed by atoms with Crippen LogP contribution in [0.4, 0.5) is 0 Å². The number of nitrogens with zero attached hydrogens (tertiary/aromatic N) is 3. The number of aliphatic imine (C=N–C) groups is 1. The van der Waals surface area contributed by atoms with E-state index in [9.17, 15) is 0 Å². The summed E-state index contributed by atoms with van der Waals surface area (Å²) in [5, 5.41) is 11.7. The predicted octanol–water partition coefficient (Wildman–Crippen LogP) is 4.10. The molecule has 0 atom stereocenters. The zero-order valence-electron chi connectivity index (χ0n) is 16.1. The van der Waals surface area contributed by atoms with E-state index in [1.807, 2.05) is 31.2 Å². The molecule has 3 aromatic rings. The van der Waals surface area contributed by atoms with E-state index >= 15 is 0 Å². The van der Waals surface area contributed by atoms with E-state index in [1.54, 1.807) is 18.4 Å². The molecule has 0 aliphatic rings. The lowest BCUT2D eigenvalue weighted by Crippen LogP contribution is -2.36. The third kappa shape index (κ3) is 4.95. The number of rotatable bonds is 6. The van der Waals surface area contributed by atoms with Gasteiger partial charge in [-0.15, -0.1) is 11.3 Å². The molecule has 0 spiro atoms. The summed E-state index contributed by atoms with van der Waals surface area (Å²) in [6.07, 6.45) is 0. The molecular weight excluding hydrogens is 358 g/mol. The minimum Gasteiger partial charge on any atom is -0.359 e. The fourth-order valence-electron chi connectivity index (χ4n) is 2.54. The smallest absolute Gasteiger partial charge is 0.191 e. The Hall–Kier alpha value is -2.67. The Labute approximate surface area is 163 Å². The first kappa shape index (κ1) is 19.1. The van der Waals surface area contributed by atoms with E-state index in [1.165, 1.54) is 4.88 Å². The lowest BCUT2D eigenvalue weighted by atomic mass is 10.1. The molecule has 27 heavy (non-hydrogen) atoms. The molecular formula is C20H25N5OS. The molecule has 3 rings (SSSR count). The van der Waals surface area contributed by atoms with Crippen LogP contribution in [0.15, 0.2) is 45.9 Å². The Morgan fingerprint density at radius 1 is 1.19 bits per heavy atom. The van der Waals surface area contributed by atoms with Gasteiger partial charge in [0.1, 0.15) is 5.01 Å². The minimum atomic E-state index is 0.355. The highest BCUT2D eigenvalue weighted by molar-refractivity contribution is 7.15. The molecule has 1 aromatic carbocycles. The first-order valence-electron chi connectivity index (χ1n) is 8.98. The summed E-state index contributed by atoms with van der Waals surface area (Å²) in [6, 6.07) is 12.2. The summed E-state index contributed by atoms with van der Waals surface area (Å²) in [7, 11) is 1.75. The summed E-state index contributed by atoms with van der Waals surface area (Å²) in [5.74, 6) is 1.86. The molecule has 0 saturated heterocycles. The Kier molecular flexibility index (Phi) is 6.24. The van der Waals surface area contributed by atoms with Crippen molar-refractivity contribution >= 4 is 17.3 Å². The molecule has 0 saturated carbocycles. The van der Waals surface area contributed by atoms with Crippen LogP contribution in [0, 0.1) is 6.92 Å². The van der Waals surface area contributed by atoms with Crippen LogP contribution in [-0.2, 0) is 13.1 Å². The van der Waals surface area contributed by atoms with Crippen molar-refractivity contribution in [3.05, 3.63) is 58.4 Å². The summed E-state index contributed by atoms with van der Waals surface area (Å²) in [6.45, 7) is 7.44. The highest BCUT2D eigenvalue weighted by atomic mass is 32.1. The summed E-state index contributed by atoms with van der Waals surface area (Å²) >= 11 is 1.70. The maximum absolute atomic E-state index is 5.35. The molecule has 0 aliphatic heterocycles. The molecule has 2 aromatic heterocycles. The molecule has 6 nitrogen and oxygen atoms in total. The zero-order chi connectivity index (χ0) is 19.2. The molecule has 0 aliphatic carbocycles. The molecule has 0 radical (unpaired) electrons. The number of hydrogen-bond acceptors (Lipinski definition) is 5. The first-order chi connectivity index (χ1) is 13.1. The molecule has 7 heteroatoms. The van der Waals surface area contributed by atoms with Gasteiger partial charge in [-0.1, -0.05) is 49.3 Å². The van der Waals surface area contributed by atoms with Crippen LogP contribution in [0.1, 0.15) is 41.8 Å². The van der Waals surface area contributed by atoms with Gasteiger partial charge >= 0.3 is 0 Å². The van der Waals surface area contributed by atoms with Crippen molar-refractivity contribution in [3.63, 3.8) is 0 Å². The van der Waals surface area contributed by atoms with Crippen molar-refractivity contribution in [2.75, 3.05) is 7.05 Å². The van der Waals surface area contributed by atoms with E-state index in [0.717, 1.165) is 27.7 Å². The highest BCUT2D eigenvalue weighted by Crippen LogP contribution is 2.27. The van der Waals surface area contributed by atoms with Crippen molar-refractivity contribution in [2.24, 2.45) is 4.99 Å². The van der Waals surface area contributed by atoms with Crippen LogP contribution in [0.2, 0.25) is 0 Å². The second kappa shape index (κ2) is 8.81. The monoisotopic (exact) mass is 383 g/mol. The van der Waals surface area contributed by atoms with E-state index in [4.69, 9.17) is 9.51 Å². The number of guanidine groups is 1. The van der Waals surface area contributed by atoms with Gasteiger partial charge in [0.05, 0.1) is 24.5 Å². The van der Waals surface area contributed by atoms with Crippen molar-refractivity contribution in [1.82, 2.24) is 20.8 Å². The number of aryl methyl sites for hydroxylation is 1. The molecule has 2 heterocycles. The highest BCUT2D eigenvalue weighted by Gasteiger charge is 2.11. The van der Waals surface area contributed by atoms with Gasteiger partial charge in [0.15, 0.2) is 11.7 Å². The van der Waals surface area contributed by atoms with Crippen LogP contribution in [0.5, 0.6) is 0 Å². The molecule has 0 unspecified atom stereocenters. The van der Waals surface area contributed by atoms with E-state index in [-0.39, 0.29) is 0 Å². The largest absolute Gasteiger partial charge is 0.359 e. The van der Waals surface area contributed by atoms with Crippen molar-refractivity contribution in [2.45, 2.75) is 39.8 Å². The van der Waals surface area contributed by atoms with Crippen LogP contribution < -0.4 is 10.6 Å². The Balaban J connectivity index is 1.57. The number of thiazole rings is 1. The molecule has 2 N–H and O–H groups in total. The number of aromatic nitrogens is 2. The zero-order valence-corrected chi connectivity index (χ0v) is 16.9. The van der Waals surface area contributed by atoms with Crippen molar-refractivity contribution in [3.8, 4) is 10.6 Å². The van der Waals surface area contributed by atoms with Gasteiger partial charge in [-0.3, -0.25) is 4.99 Å². The number of benzene rings is 1.